The van der Waals surface area contributed by atoms with Crippen LogP contribution in [0.5, 0.6) is 0 Å². The van der Waals surface area contributed by atoms with E-state index in [9.17, 15) is 0 Å². The summed E-state index contributed by atoms with van der Waals surface area (Å²) in [6, 6.07) is 6.20. The van der Waals surface area contributed by atoms with Crippen molar-refractivity contribution in [3.63, 3.8) is 0 Å². The second-order valence-electron chi connectivity index (χ2n) is 6.05. The van der Waals surface area contributed by atoms with E-state index in [1.165, 1.54) is 43.5 Å². The van der Waals surface area contributed by atoms with E-state index in [0.717, 1.165) is 18.8 Å². The number of nitrogen functional groups attached to an aromatic ring is 1. The van der Waals surface area contributed by atoms with Crippen molar-refractivity contribution in [2.75, 3.05) is 36.1 Å². The molecule has 3 N–H and O–H groups in total. The first-order chi connectivity index (χ1) is 8.69. The van der Waals surface area contributed by atoms with Crippen LogP contribution in [0.1, 0.15) is 32.1 Å². The van der Waals surface area contributed by atoms with Gasteiger partial charge in [0.05, 0.1) is 11.4 Å². The molecule has 1 aromatic rings. The quantitative estimate of drug-likeness (QED) is 0.690. The summed E-state index contributed by atoms with van der Waals surface area (Å²) in [5, 5.41) is 3.64. The zero-order chi connectivity index (χ0) is 12.6. The number of anilines is 3. The van der Waals surface area contributed by atoms with Crippen molar-refractivity contribution in [1.82, 2.24) is 0 Å². The van der Waals surface area contributed by atoms with Gasteiger partial charge in [0, 0.05) is 31.2 Å². The third-order valence-corrected chi connectivity index (χ3v) is 4.57. The SMILES string of the molecule is CN1CC2(CCCCC2)CNc2cc(N)ccc21. The third kappa shape index (κ3) is 2.02. The van der Waals surface area contributed by atoms with E-state index in [1.807, 2.05) is 6.07 Å². The van der Waals surface area contributed by atoms with Crippen LogP contribution in [0.3, 0.4) is 0 Å². The normalized spacial score (nSPS) is 22.2. The molecule has 98 valence electrons. The smallest absolute Gasteiger partial charge is 0.0601 e. The average molecular weight is 245 g/mol. The van der Waals surface area contributed by atoms with Crippen LogP contribution in [0, 0.1) is 5.41 Å². The van der Waals surface area contributed by atoms with Crippen molar-refractivity contribution in [3.8, 4) is 0 Å². The Bertz CT molecular complexity index is 435. The number of rotatable bonds is 0. The molecule has 1 fully saturated rings. The summed E-state index contributed by atoms with van der Waals surface area (Å²) in [7, 11) is 2.21. The minimum Gasteiger partial charge on any atom is -0.399 e. The molecule has 1 aromatic carbocycles. The monoisotopic (exact) mass is 245 g/mol. The average Bonchev–Trinajstić information content (AvgIpc) is 2.49. The van der Waals surface area contributed by atoms with E-state index in [-0.39, 0.29) is 0 Å². The van der Waals surface area contributed by atoms with Crippen LogP contribution in [0.2, 0.25) is 0 Å². The number of hydrogen-bond donors (Lipinski definition) is 2. The Hall–Kier alpha value is -1.38. The van der Waals surface area contributed by atoms with Crippen molar-refractivity contribution < 1.29 is 0 Å². The standard InChI is InChI=1S/C15H23N3/c1-18-11-15(7-3-2-4-8-15)10-17-13-9-12(16)5-6-14(13)18/h5-6,9,17H,2-4,7-8,10-11,16H2,1H3. The van der Waals surface area contributed by atoms with E-state index in [4.69, 9.17) is 5.73 Å². The first-order valence-corrected chi connectivity index (χ1v) is 7.03. The van der Waals surface area contributed by atoms with Gasteiger partial charge < -0.3 is 16.0 Å². The summed E-state index contributed by atoms with van der Waals surface area (Å²) < 4.78 is 0. The molecule has 0 unspecified atom stereocenters. The van der Waals surface area contributed by atoms with Crippen molar-refractivity contribution in [3.05, 3.63) is 18.2 Å². The van der Waals surface area contributed by atoms with E-state index in [0.29, 0.717) is 5.41 Å². The highest BCUT2D eigenvalue weighted by molar-refractivity contribution is 5.74. The summed E-state index contributed by atoms with van der Waals surface area (Å²) in [5.74, 6) is 0. The Kier molecular flexibility index (Phi) is 2.84. The summed E-state index contributed by atoms with van der Waals surface area (Å²) >= 11 is 0. The van der Waals surface area contributed by atoms with Crippen molar-refractivity contribution in [2.45, 2.75) is 32.1 Å². The maximum atomic E-state index is 5.89. The molecule has 0 saturated heterocycles. The maximum Gasteiger partial charge on any atom is 0.0601 e. The Morgan fingerprint density at radius 2 is 2.00 bits per heavy atom. The van der Waals surface area contributed by atoms with Crippen LogP contribution in [0.15, 0.2) is 18.2 Å². The second-order valence-corrected chi connectivity index (χ2v) is 6.05. The van der Waals surface area contributed by atoms with E-state index >= 15 is 0 Å². The predicted molar refractivity (Wildman–Crippen MR) is 78.1 cm³/mol. The van der Waals surface area contributed by atoms with Gasteiger partial charge in [0.25, 0.3) is 0 Å². The fourth-order valence-electron chi connectivity index (χ4n) is 3.59. The van der Waals surface area contributed by atoms with Gasteiger partial charge in [0.15, 0.2) is 0 Å². The van der Waals surface area contributed by atoms with E-state index < -0.39 is 0 Å². The fraction of sp³-hybridized carbons (Fsp3) is 0.600. The van der Waals surface area contributed by atoms with Gasteiger partial charge in [-0.05, 0) is 31.0 Å². The molecule has 1 heterocycles. The van der Waals surface area contributed by atoms with Gasteiger partial charge in [-0.25, -0.2) is 0 Å². The number of nitrogens with zero attached hydrogens (tertiary/aromatic N) is 1. The number of fused-ring (bicyclic) bond motifs is 1. The summed E-state index contributed by atoms with van der Waals surface area (Å²) in [4.78, 5) is 2.40. The molecule has 1 aliphatic heterocycles. The van der Waals surface area contributed by atoms with Gasteiger partial charge in [-0.2, -0.15) is 0 Å². The number of nitrogens with two attached hydrogens (primary N) is 1. The third-order valence-electron chi connectivity index (χ3n) is 4.57. The van der Waals surface area contributed by atoms with Gasteiger partial charge >= 0.3 is 0 Å². The predicted octanol–water partition coefficient (Wildman–Crippen LogP) is 3.08. The van der Waals surface area contributed by atoms with Gasteiger partial charge in [-0.3, -0.25) is 0 Å². The topological polar surface area (TPSA) is 41.3 Å². The molecule has 1 spiro atoms. The second kappa shape index (κ2) is 4.38. The maximum absolute atomic E-state index is 5.89. The minimum atomic E-state index is 0.459. The van der Waals surface area contributed by atoms with Crippen LogP contribution in [-0.4, -0.2) is 20.1 Å². The summed E-state index contributed by atoms with van der Waals surface area (Å²) in [6.07, 6.45) is 6.88. The Labute approximate surface area is 109 Å². The fourth-order valence-corrected chi connectivity index (χ4v) is 3.59. The molecule has 0 atom stereocenters. The van der Waals surface area contributed by atoms with Gasteiger partial charge in [0.2, 0.25) is 0 Å². The highest BCUT2D eigenvalue weighted by Crippen LogP contribution is 2.41. The summed E-state index contributed by atoms with van der Waals surface area (Å²) in [6.45, 7) is 2.25. The molecule has 3 rings (SSSR count). The van der Waals surface area contributed by atoms with Crippen LogP contribution >= 0.6 is 0 Å². The van der Waals surface area contributed by atoms with Gasteiger partial charge in [-0.15, -0.1) is 0 Å². The Morgan fingerprint density at radius 3 is 2.78 bits per heavy atom. The largest absolute Gasteiger partial charge is 0.399 e. The number of hydrogen-bond acceptors (Lipinski definition) is 3. The molecule has 0 amide bonds. The van der Waals surface area contributed by atoms with Crippen LogP contribution in [0.25, 0.3) is 0 Å². The molecular formula is C15H23N3. The Morgan fingerprint density at radius 1 is 1.22 bits per heavy atom. The van der Waals surface area contributed by atoms with Crippen molar-refractivity contribution in [1.29, 1.82) is 0 Å². The Balaban J connectivity index is 1.90. The molecule has 18 heavy (non-hydrogen) atoms. The molecular weight excluding hydrogens is 222 g/mol. The molecule has 1 saturated carbocycles. The lowest BCUT2D eigenvalue weighted by atomic mass is 9.74. The first-order valence-electron chi connectivity index (χ1n) is 7.03. The van der Waals surface area contributed by atoms with Gasteiger partial charge in [-0.1, -0.05) is 19.3 Å². The minimum absolute atomic E-state index is 0.459. The molecule has 0 aromatic heterocycles. The van der Waals surface area contributed by atoms with Gasteiger partial charge in [0.1, 0.15) is 0 Å². The molecule has 3 nitrogen and oxygen atoms in total. The number of nitrogens with one attached hydrogen (secondary N) is 1. The number of benzene rings is 1. The van der Waals surface area contributed by atoms with Crippen molar-refractivity contribution >= 4 is 17.1 Å². The zero-order valence-corrected chi connectivity index (χ0v) is 11.2. The highest BCUT2D eigenvalue weighted by atomic mass is 15.2. The van der Waals surface area contributed by atoms with Crippen LogP contribution in [-0.2, 0) is 0 Å². The summed E-state index contributed by atoms with van der Waals surface area (Å²) in [5.41, 5.74) is 9.67. The lowest BCUT2D eigenvalue weighted by Gasteiger charge is -2.38. The zero-order valence-electron chi connectivity index (χ0n) is 11.2. The van der Waals surface area contributed by atoms with Crippen molar-refractivity contribution in [2.24, 2.45) is 5.41 Å². The molecule has 0 radical (unpaired) electrons. The molecule has 2 aliphatic rings. The molecule has 3 heteroatoms. The van der Waals surface area contributed by atoms with Crippen LogP contribution < -0.4 is 16.0 Å². The highest BCUT2D eigenvalue weighted by Gasteiger charge is 2.35. The van der Waals surface area contributed by atoms with Crippen LogP contribution in [0.4, 0.5) is 17.1 Å². The first kappa shape index (κ1) is 11.7. The molecule has 0 bridgehead atoms. The molecule has 1 aliphatic carbocycles. The lowest BCUT2D eigenvalue weighted by molar-refractivity contribution is 0.215. The lowest BCUT2D eigenvalue weighted by Crippen LogP contribution is -2.40. The van der Waals surface area contributed by atoms with E-state index in [2.05, 4.69) is 29.4 Å². The van der Waals surface area contributed by atoms with E-state index in [1.54, 1.807) is 0 Å².